The molecule has 0 aliphatic heterocycles. The van der Waals surface area contributed by atoms with Crippen LogP contribution < -0.4 is 5.56 Å². The van der Waals surface area contributed by atoms with Crippen LogP contribution in [-0.4, -0.2) is 37.3 Å². The van der Waals surface area contributed by atoms with E-state index in [1.54, 1.807) is 33.5 Å². The van der Waals surface area contributed by atoms with Gasteiger partial charge in [0.15, 0.2) is 0 Å². The van der Waals surface area contributed by atoms with Crippen molar-refractivity contribution in [2.45, 2.75) is 38.8 Å². The zero-order chi connectivity index (χ0) is 20.5. The molecule has 0 bridgehead atoms. The van der Waals surface area contributed by atoms with Gasteiger partial charge in [0.2, 0.25) is 5.65 Å². The molecule has 2 heterocycles. The maximum Gasteiger partial charge on any atom is 0.295 e. The molecule has 4 rings (SSSR count). The molecule has 0 N–H and O–H groups in total. The van der Waals surface area contributed by atoms with Crippen LogP contribution in [0.3, 0.4) is 0 Å². The summed E-state index contributed by atoms with van der Waals surface area (Å²) in [6, 6.07) is 7.65. The number of rotatable bonds is 7. The van der Waals surface area contributed by atoms with Gasteiger partial charge in [-0.3, -0.25) is 18.6 Å². The molecule has 1 aliphatic carbocycles. The highest BCUT2D eigenvalue weighted by Gasteiger charge is 2.33. The molecule has 6 nitrogen and oxygen atoms in total. The number of amides is 1. The summed E-state index contributed by atoms with van der Waals surface area (Å²) in [5.74, 6) is -0.119. The SMILES string of the molecule is C=CCn1c(-c2ccccc2Cl)cn2cc(C(=O)N(CCC)C3CC3)nc2c1=O. The van der Waals surface area contributed by atoms with Crippen molar-refractivity contribution in [3.05, 3.63) is 70.4 Å². The third-order valence-corrected chi connectivity index (χ3v) is 5.44. The van der Waals surface area contributed by atoms with Gasteiger partial charge in [-0.2, -0.15) is 0 Å². The van der Waals surface area contributed by atoms with E-state index in [-0.39, 0.29) is 17.1 Å². The summed E-state index contributed by atoms with van der Waals surface area (Å²) in [6.45, 7) is 6.82. The Hall–Kier alpha value is -2.86. The van der Waals surface area contributed by atoms with Gasteiger partial charge in [-0.05, 0) is 25.3 Å². The summed E-state index contributed by atoms with van der Waals surface area (Å²) in [5.41, 5.74) is 1.62. The van der Waals surface area contributed by atoms with Gasteiger partial charge < -0.3 is 4.90 Å². The number of carbonyl (C=O) groups excluding carboxylic acids is 1. The van der Waals surface area contributed by atoms with Gasteiger partial charge >= 0.3 is 0 Å². The number of hydrogen-bond donors (Lipinski definition) is 0. The minimum absolute atomic E-state index is 0.119. The van der Waals surface area contributed by atoms with Crippen LogP contribution in [0.4, 0.5) is 0 Å². The first-order chi connectivity index (χ1) is 14.0. The van der Waals surface area contributed by atoms with Crippen molar-refractivity contribution in [1.82, 2.24) is 18.9 Å². The molecule has 1 aliphatic rings. The van der Waals surface area contributed by atoms with Crippen molar-refractivity contribution < 1.29 is 4.79 Å². The molecule has 0 saturated heterocycles. The summed E-state index contributed by atoms with van der Waals surface area (Å²) in [5, 5.41) is 0.545. The van der Waals surface area contributed by atoms with Gasteiger partial charge in [0.25, 0.3) is 11.5 Å². The van der Waals surface area contributed by atoms with E-state index in [1.165, 1.54) is 0 Å². The quantitative estimate of drug-likeness (QED) is 0.553. The lowest BCUT2D eigenvalue weighted by Gasteiger charge is -2.20. The van der Waals surface area contributed by atoms with E-state index in [9.17, 15) is 9.59 Å². The minimum atomic E-state index is -0.283. The number of hydrogen-bond acceptors (Lipinski definition) is 3. The van der Waals surface area contributed by atoms with Gasteiger partial charge in [-0.25, -0.2) is 4.98 Å². The van der Waals surface area contributed by atoms with E-state index < -0.39 is 0 Å². The second kappa shape index (κ2) is 7.87. The molecular formula is C22H23ClN4O2. The van der Waals surface area contributed by atoms with Crippen LogP contribution in [-0.2, 0) is 6.54 Å². The Labute approximate surface area is 174 Å². The molecule has 7 heteroatoms. The van der Waals surface area contributed by atoms with Crippen LogP contribution >= 0.6 is 11.6 Å². The van der Waals surface area contributed by atoms with Crippen molar-refractivity contribution >= 4 is 23.2 Å². The Morgan fingerprint density at radius 2 is 2.10 bits per heavy atom. The molecule has 1 amide bonds. The smallest absolute Gasteiger partial charge is 0.295 e. The highest BCUT2D eigenvalue weighted by molar-refractivity contribution is 6.33. The Kier molecular flexibility index (Phi) is 5.28. The number of fused-ring (bicyclic) bond motifs is 1. The largest absolute Gasteiger partial charge is 0.334 e. The molecule has 1 aromatic carbocycles. The van der Waals surface area contributed by atoms with Crippen molar-refractivity contribution in [3.8, 4) is 11.3 Å². The van der Waals surface area contributed by atoms with Crippen molar-refractivity contribution in [1.29, 1.82) is 0 Å². The van der Waals surface area contributed by atoms with Gasteiger partial charge in [0, 0.05) is 42.1 Å². The highest BCUT2D eigenvalue weighted by atomic mass is 35.5. The molecule has 2 aromatic heterocycles. The Bertz CT molecular complexity index is 1140. The fourth-order valence-electron chi connectivity index (χ4n) is 3.60. The molecular weight excluding hydrogens is 388 g/mol. The predicted octanol–water partition coefficient (Wildman–Crippen LogP) is 4.02. The van der Waals surface area contributed by atoms with Gasteiger partial charge in [-0.15, -0.1) is 6.58 Å². The number of imidazole rings is 1. The molecule has 0 radical (unpaired) electrons. The minimum Gasteiger partial charge on any atom is -0.334 e. The normalized spacial score (nSPS) is 13.6. The summed E-state index contributed by atoms with van der Waals surface area (Å²) < 4.78 is 3.21. The monoisotopic (exact) mass is 410 g/mol. The summed E-state index contributed by atoms with van der Waals surface area (Å²) in [6.07, 6.45) is 8.04. The first kappa shape index (κ1) is 19.5. The van der Waals surface area contributed by atoms with Gasteiger partial charge in [0.1, 0.15) is 5.69 Å². The fraction of sp³-hybridized carbons (Fsp3) is 0.318. The molecule has 29 heavy (non-hydrogen) atoms. The number of carbonyl (C=O) groups is 1. The fourth-order valence-corrected chi connectivity index (χ4v) is 3.84. The second-order valence-corrected chi connectivity index (χ2v) is 7.69. The lowest BCUT2D eigenvalue weighted by molar-refractivity contribution is 0.0738. The summed E-state index contributed by atoms with van der Waals surface area (Å²) >= 11 is 6.38. The number of halogens is 1. The number of nitrogens with zero attached hydrogens (tertiary/aromatic N) is 4. The van der Waals surface area contributed by atoms with E-state index in [0.717, 1.165) is 24.8 Å². The average Bonchev–Trinajstić information content (AvgIpc) is 3.46. The molecule has 0 spiro atoms. The number of allylic oxidation sites excluding steroid dienone is 1. The molecule has 0 atom stereocenters. The van der Waals surface area contributed by atoms with Gasteiger partial charge in [0.05, 0.1) is 5.69 Å². The first-order valence-electron chi connectivity index (χ1n) is 9.84. The van der Waals surface area contributed by atoms with Crippen molar-refractivity contribution in [3.63, 3.8) is 0 Å². The molecule has 1 fully saturated rings. The molecule has 1 saturated carbocycles. The third-order valence-electron chi connectivity index (χ3n) is 5.11. The van der Waals surface area contributed by atoms with Crippen LogP contribution in [0.1, 0.15) is 36.7 Å². The Morgan fingerprint density at radius 1 is 1.34 bits per heavy atom. The van der Waals surface area contributed by atoms with E-state index in [1.807, 2.05) is 23.1 Å². The lowest BCUT2D eigenvalue weighted by Crippen LogP contribution is -2.34. The van der Waals surface area contributed by atoms with Crippen LogP contribution in [0.2, 0.25) is 5.02 Å². The molecule has 150 valence electrons. The van der Waals surface area contributed by atoms with E-state index in [2.05, 4.69) is 18.5 Å². The molecule has 0 unspecified atom stereocenters. The van der Waals surface area contributed by atoms with Crippen LogP contribution in [0.5, 0.6) is 0 Å². The van der Waals surface area contributed by atoms with E-state index >= 15 is 0 Å². The zero-order valence-corrected chi connectivity index (χ0v) is 17.1. The maximum absolute atomic E-state index is 13.2. The van der Waals surface area contributed by atoms with Crippen LogP contribution in [0.15, 0.2) is 54.1 Å². The average molecular weight is 411 g/mol. The standard InChI is InChI=1S/C22H23ClN4O2/c1-3-11-26(15-9-10-15)21(28)18-13-25-14-19(16-7-5-6-8-17(16)23)27(12-4-2)22(29)20(25)24-18/h4-8,13-15H,2-3,9-12H2,1H3. The maximum atomic E-state index is 13.2. The van der Waals surface area contributed by atoms with Crippen molar-refractivity contribution in [2.24, 2.45) is 0 Å². The Morgan fingerprint density at radius 3 is 2.76 bits per heavy atom. The third kappa shape index (κ3) is 3.60. The number of aromatic nitrogens is 3. The lowest BCUT2D eigenvalue weighted by atomic mass is 10.1. The Balaban J connectivity index is 1.86. The zero-order valence-electron chi connectivity index (χ0n) is 16.3. The van der Waals surface area contributed by atoms with Crippen molar-refractivity contribution in [2.75, 3.05) is 6.54 Å². The van der Waals surface area contributed by atoms with E-state index in [4.69, 9.17) is 11.6 Å². The van der Waals surface area contributed by atoms with Crippen LogP contribution in [0, 0.1) is 0 Å². The first-order valence-corrected chi connectivity index (χ1v) is 10.2. The van der Waals surface area contributed by atoms with E-state index in [0.29, 0.717) is 35.5 Å². The highest BCUT2D eigenvalue weighted by Crippen LogP contribution is 2.29. The van der Waals surface area contributed by atoms with Gasteiger partial charge in [-0.1, -0.05) is 42.8 Å². The molecule has 3 aromatic rings. The summed E-state index contributed by atoms with van der Waals surface area (Å²) in [7, 11) is 0. The predicted molar refractivity (Wildman–Crippen MR) is 114 cm³/mol. The van der Waals surface area contributed by atoms with Crippen LogP contribution in [0.25, 0.3) is 16.9 Å². The topological polar surface area (TPSA) is 59.6 Å². The second-order valence-electron chi connectivity index (χ2n) is 7.29. The summed E-state index contributed by atoms with van der Waals surface area (Å²) in [4.78, 5) is 32.5. The number of benzene rings is 1.